The number of carbonyl (C=O) groups excluding carboxylic acids is 3. The van der Waals surface area contributed by atoms with E-state index in [2.05, 4.69) is 5.32 Å². The molecule has 2 heterocycles. The molecular formula is C22H24N4O5S. The maximum absolute atomic E-state index is 12.7. The molecular weight excluding hydrogens is 432 g/mol. The minimum atomic E-state index is -3.62. The van der Waals surface area contributed by atoms with Gasteiger partial charge in [0.25, 0.3) is 5.91 Å². The van der Waals surface area contributed by atoms with Crippen molar-refractivity contribution in [2.45, 2.75) is 17.4 Å². The van der Waals surface area contributed by atoms with Crippen molar-refractivity contribution in [3.8, 4) is 0 Å². The maximum atomic E-state index is 12.7. The average Bonchev–Trinajstić information content (AvgIpc) is 3.07. The van der Waals surface area contributed by atoms with E-state index in [-0.39, 0.29) is 43.5 Å². The van der Waals surface area contributed by atoms with Crippen molar-refractivity contribution >= 4 is 27.9 Å². The van der Waals surface area contributed by atoms with Gasteiger partial charge >= 0.3 is 6.03 Å². The van der Waals surface area contributed by atoms with Crippen LogP contribution < -0.4 is 5.32 Å². The van der Waals surface area contributed by atoms with Gasteiger partial charge in [-0.05, 0) is 17.7 Å². The number of hydrogen-bond acceptors (Lipinski definition) is 5. The topological polar surface area (TPSA) is 107 Å². The van der Waals surface area contributed by atoms with Gasteiger partial charge in [0.2, 0.25) is 15.9 Å². The molecule has 0 aromatic heterocycles. The van der Waals surface area contributed by atoms with E-state index in [0.717, 1.165) is 10.5 Å². The molecule has 2 aromatic carbocycles. The quantitative estimate of drug-likeness (QED) is 0.644. The molecule has 9 nitrogen and oxygen atoms in total. The summed E-state index contributed by atoms with van der Waals surface area (Å²) in [6.07, 6.45) is 0.353. The van der Waals surface area contributed by atoms with Gasteiger partial charge in [0, 0.05) is 32.6 Å². The highest BCUT2D eigenvalue weighted by molar-refractivity contribution is 7.89. The van der Waals surface area contributed by atoms with E-state index in [9.17, 15) is 22.8 Å². The first-order valence-electron chi connectivity index (χ1n) is 10.3. The van der Waals surface area contributed by atoms with Gasteiger partial charge in [-0.25, -0.2) is 13.2 Å². The molecule has 4 rings (SSSR count). The Labute approximate surface area is 186 Å². The van der Waals surface area contributed by atoms with E-state index in [1.54, 1.807) is 18.2 Å². The molecule has 4 amide bonds. The molecule has 2 saturated heterocycles. The summed E-state index contributed by atoms with van der Waals surface area (Å²) in [7, 11) is -3.62. The van der Waals surface area contributed by atoms with E-state index < -0.39 is 28.0 Å². The third-order valence-electron chi connectivity index (χ3n) is 5.66. The zero-order chi connectivity index (χ0) is 22.7. The molecule has 2 fully saturated rings. The minimum Gasteiger partial charge on any atom is -0.338 e. The normalized spacial score (nSPS) is 19.8. The van der Waals surface area contributed by atoms with Gasteiger partial charge in [-0.15, -0.1) is 0 Å². The molecule has 1 N–H and O–H groups in total. The fraction of sp³-hybridized carbons (Fsp3) is 0.318. The third-order valence-corrected chi connectivity index (χ3v) is 7.57. The first-order chi connectivity index (χ1) is 15.4. The monoisotopic (exact) mass is 456 g/mol. The molecule has 2 aliphatic heterocycles. The Balaban J connectivity index is 1.33. The maximum Gasteiger partial charge on any atom is 0.325 e. The highest BCUT2D eigenvalue weighted by Gasteiger charge is 2.40. The Morgan fingerprint density at radius 1 is 0.906 bits per heavy atom. The van der Waals surface area contributed by atoms with Crippen LogP contribution in [0.4, 0.5) is 4.79 Å². The van der Waals surface area contributed by atoms with Crippen LogP contribution in [-0.4, -0.2) is 79.1 Å². The van der Waals surface area contributed by atoms with Crippen molar-refractivity contribution in [3.05, 3.63) is 66.2 Å². The lowest BCUT2D eigenvalue weighted by molar-refractivity contribution is -0.138. The number of urea groups is 1. The number of rotatable bonds is 6. The summed E-state index contributed by atoms with van der Waals surface area (Å²) < 4.78 is 26.8. The second kappa shape index (κ2) is 9.09. The molecule has 0 radical (unpaired) electrons. The Morgan fingerprint density at radius 2 is 1.50 bits per heavy atom. The van der Waals surface area contributed by atoms with E-state index in [0.29, 0.717) is 6.42 Å². The summed E-state index contributed by atoms with van der Waals surface area (Å²) in [6.45, 7) is 0.338. The SMILES string of the molecule is O=C(CN1C(=O)NC(Cc2ccccc2)C1=O)N1CCN(S(=O)(=O)c2ccccc2)CC1. The van der Waals surface area contributed by atoms with E-state index >= 15 is 0 Å². The van der Waals surface area contributed by atoms with Crippen molar-refractivity contribution in [2.75, 3.05) is 32.7 Å². The largest absolute Gasteiger partial charge is 0.338 e. The smallest absolute Gasteiger partial charge is 0.325 e. The van der Waals surface area contributed by atoms with Crippen LogP contribution in [0.3, 0.4) is 0 Å². The van der Waals surface area contributed by atoms with Crippen LogP contribution in [0.15, 0.2) is 65.6 Å². The highest BCUT2D eigenvalue weighted by Crippen LogP contribution is 2.18. The number of sulfonamides is 1. The van der Waals surface area contributed by atoms with Crippen molar-refractivity contribution < 1.29 is 22.8 Å². The summed E-state index contributed by atoms with van der Waals surface area (Å²) in [6, 6.07) is 16.2. The second-order valence-corrected chi connectivity index (χ2v) is 9.65. The molecule has 32 heavy (non-hydrogen) atoms. The van der Waals surface area contributed by atoms with Gasteiger partial charge < -0.3 is 10.2 Å². The summed E-state index contributed by atoms with van der Waals surface area (Å²) in [5.41, 5.74) is 0.912. The third kappa shape index (κ3) is 4.51. The summed E-state index contributed by atoms with van der Waals surface area (Å²) in [5, 5.41) is 2.63. The van der Waals surface area contributed by atoms with Gasteiger partial charge in [0.05, 0.1) is 4.90 Å². The standard InChI is InChI=1S/C22H24N4O5S/c27-20(16-26-21(28)19(23-22(26)29)15-17-7-3-1-4-8-17)24-11-13-25(14-12-24)32(30,31)18-9-5-2-6-10-18/h1-10,19H,11-16H2,(H,23,29). The van der Waals surface area contributed by atoms with Gasteiger partial charge in [0.15, 0.2) is 0 Å². The number of carbonyl (C=O) groups is 3. The van der Waals surface area contributed by atoms with Crippen LogP contribution in [0.5, 0.6) is 0 Å². The van der Waals surface area contributed by atoms with Crippen molar-refractivity contribution in [1.82, 2.24) is 19.4 Å². The molecule has 10 heteroatoms. The van der Waals surface area contributed by atoms with Crippen molar-refractivity contribution in [3.63, 3.8) is 0 Å². The Morgan fingerprint density at radius 3 is 2.12 bits per heavy atom. The predicted octanol–water partition coefficient (Wildman–Crippen LogP) is 0.683. The van der Waals surface area contributed by atoms with Crippen LogP contribution in [0.1, 0.15) is 5.56 Å². The van der Waals surface area contributed by atoms with Crippen LogP contribution in [0, 0.1) is 0 Å². The minimum absolute atomic E-state index is 0.153. The summed E-state index contributed by atoms with van der Waals surface area (Å²) in [5.74, 6) is -0.817. The molecule has 1 atom stereocenters. The second-order valence-electron chi connectivity index (χ2n) is 7.71. The molecule has 1 unspecified atom stereocenters. The van der Waals surface area contributed by atoms with E-state index in [1.165, 1.54) is 21.3 Å². The number of hydrogen-bond donors (Lipinski definition) is 1. The van der Waals surface area contributed by atoms with Crippen LogP contribution >= 0.6 is 0 Å². The number of nitrogens with zero attached hydrogens (tertiary/aromatic N) is 3. The summed E-state index contributed by atoms with van der Waals surface area (Å²) in [4.78, 5) is 40.3. The molecule has 0 aliphatic carbocycles. The predicted molar refractivity (Wildman–Crippen MR) is 116 cm³/mol. The van der Waals surface area contributed by atoms with E-state index in [4.69, 9.17) is 0 Å². The molecule has 2 aromatic rings. The number of imide groups is 1. The van der Waals surface area contributed by atoms with Gasteiger partial charge in [-0.3, -0.25) is 14.5 Å². The lowest BCUT2D eigenvalue weighted by Gasteiger charge is -2.34. The zero-order valence-electron chi connectivity index (χ0n) is 17.4. The average molecular weight is 457 g/mol. The van der Waals surface area contributed by atoms with Gasteiger partial charge in [0.1, 0.15) is 12.6 Å². The van der Waals surface area contributed by atoms with Crippen molar-refractivity contribution in [1.29, 1.82) is 0 Å². The van der Waals surface area contributed by atoms with E-state index in [1.807, 2.05) is 30.3 Å². The first-order valence-corrected chi connectivity index (χ1v) is 11.8. The Hall–Kier alpha value is -3.24. The molecule has 0 spiro atoms. The lowest BCUT2D eigenvalue weighted by Crippen LogP contribution is -2.53. The Kier molecular flexibility index (Phi) is 6.24. The van der Waals surface area contributed by atoms with Gasteiger partial charge in [-0.1, -0.05) is 48.5 Å². The first kappa shape index (κ1) is 22.0. The molecule has 168 valence electrons. The number of benzene rings is 2. The fourth-order valence-electron chi connectivity index (χ4n) is 3.87. The molecule has 2 aliphatic rings. The highest BCUT2D eigenvalue weighted by atomic mass is 32.2. The number of nitrogens with one attached hydrogen (secondary N) is 1. The van der Waals surface area contributed by atoms with Crippen LogP contribution in [0.2, 0.25) is 0 Å². The fourth-order valence-corrected chi connectivity index (χ4v) is 5.31. The van der Waals surface area contributed by atoms with Crippen molar-refractivity contribution in [2.24, 2.45) is 0 Å². The lowest BCUT2D eigenvalue weighted by atomic mass is 10.1. The molecule has 0 saturated carbocycles. The van der Waals surface area contributed by atoms with Gasteiger partial charge in [-0.2, -0.15) is 4.31 Å². The number of amides is 4. The van der Waals surface area contributed by atoms with Crippen LogP contribution in [0.25, 0.3) is 0 Å². The number of piperazine rings is 1. The Bertz CT molecular complexity index is 1100. The zero-order valence-corrected chi connectivity index (χ0v) is 18.2. The molecule has 0 bridgehead atoms. The summed E-state index contributed by atoms with van der Waals surface area (Å²) >= 11 is 0. The van der Waals surface area contributed by atoms with Crippen LogP contribution in [-0.2, 0) is 26.0 Å².